The third-order valence-electron chi connectivity index (χ3n) is 5.36. The zero-order valence-corrected chi connectivity index (χ0v) is 18.1. The minimum absolute atomic E-state index is 0.109. The minimum Gasteiger partial charge on any atom is -0.507 e. The summed E-state index contributed by atoms with van der Waals surface area (Å²) in [6, 6.07) is 21.6. The second kappa shape index (κ2) is 7.59. The molecule has 5 rings (SSSR count). The lowest BCUT2D eigenvalue weighted by atomic mass is 10.1. The highest BCUT2D eigenvalue weighted by Gasteiger charge is 2.34. The quantitative estimate of drug-likeness (QED) is 0.423. The summed E-state index contributed by atoms with van der Waals surface area (Å²) in [4.78, 5) is 12.9. The second-order valence-electron chi connectivity index (χ2n) is 7.23. The number of hydrogen-bond acceptors (Lipinski definition) is 4. The summed E-state index contributed by atoms with van der Waals surface area (Å²) in [5, 5.41) is 18.3. The van der Waals surface area contributed by atoms with Crippen molar-refractivity contribution in [2.45, 2.75) is 6.04 Å². The van der Waals surface area contributed by atoms with Crippen molar-refractivity contribution in [1.82, 2.24) is 9.78 Å². The number of hydrogen-bond donors (Lipinski definition) is 2. The number of benzene rings is 3. The molecule has 0 saturated heterocycles. The highest BCUT2D eigenvalue weighted by atomic mass is 79.9. The lowest BCUT2D eigenvalue weighted by molar-refractivity contribution is -0.117. The van der Waals surface area contributed by atoms with Gasteiger partial charge in [0.2, 0.25) is 0 Å². The first kappa shape index (κ1) is 19.4. The maximum atomic E-state index is 12.9. The first-order valence-electron chi connectivity index (χ1n) is 9.68. The van der Waals surface area contributed by atoms with E-state index in [-0.39, 0.29) is 11.7 Å². The van der Waals surface area contributed by atoms with Crippen LogP contribution in [0.4, 0.5) is 5.69 Å². The minimum atomic E-state index is -0.642. The monoisotopic (exact) mass is 475 g/mol. The van der Waals surface area contributed by atoms with Crippen LogP contribution in [0.15, 0.2) is 77.3 Å². The number of nitrogens with zero attached hydrogens (tertiary/aromatic N) is 2. The highest BCUT2D eigenvalue weighted by molar-refractivity contribution is 9.10. The molecule has 1 amide bonds. The summed E-state index contributed by atoms with van der Waals surface area (Å²) in [5.74, 6) is 0.691. The van der Waals surface area contributed by atoms with Crippen molar-refractivity contribution in [2.24, 2.45) is 0 Å². The molecule has 7 heteroatoms. The van der Waals surface area contributed by atoms with E-state index in [1.807, 2.05) is 60.7 Å². The Morgan fingerprint density at radius 1 is 1.06 bits per heavy atom. The van der Waals surface area contributed by atoms with Crippen LogP contribution in [0.2, 0.25) is 0 Å². The van der Waals surface area contributed by atoms with E-state index < -0.39 is 6.04 Å². The predicted molar refractivity (Wildman–Crippen MR) is 122 cm³/mol. The number of rotatable bonds is 4. The molecule has 0 aliphatic carbocycles. The maximum absolute atomic E-state index is 12.9. The molecule has 0 bridgehead atoms. The van der Waals surface area contributed by atoms with Gasteiger partial charge in [-0.05, 0) is 54.6 Å². The number of amides is 1. The van der Waals surface area contributed by atoms with Gasteiger partial charge in [-0.3, -0.25) is 4.79 Å². The molecule has 1 aliphatic heterocycles. The molecule has 31 heavy (non-hydrogen) atoms. The van der Waals surface area contributed by atoms with Crippen molar-refractivity contribution in [3.8, 4) is 34.0 Å². The number of phenolic OH excluding ortho intramolecular Hbond substituents is 1. The van der Waals surface area contributed by atoms with Crippen molar-refractivity contribution in [3.05, 3.63) is 82.8 Å². The van der Waals surface area contributed by atoms with E-state index in [2.05, 4.69) is 21.2 Å². The zero-order chi connectivity index (χ0) is 21.5. The van der Waals surface area contributed by atoms with Crippen LogP contribution >= 0.6 is 15.9 Å². The molecule has 2 N–H and O–H groups in total. The van der Waals surface area contributed by atoms with Crippen LogP contribution in [-0.4, -0.2) is 27.9 Å². The van der Waals surface area contributed by atoms with Crippen LogP contribution in [0.1, 0.15) is 11.6 Å². The van der Waals surface area contributed by atoms with Gasteiger partial charge in [0.05, 0.1) is 18.5 Å². The summed E-state index contributed by atoms with van der Waals surface area (Å²) in [5.41, 5.74) is 4.40. The molecule has 0 fully saturated rings. The van der Waals surface area contributed by atoms with E-state index in [1.165, 1.54) is 0 Å². The average Bonchev–Trinajstić information content (AvgIpc) is 3.35. The molecule has 2 heterocycles. The molecule has 0 unspecified atom stereocenters. The molecule has 1 aliphatic rings. The molecular formula is C24H18BrN3O3. The van der Waals surface area contributed by atoms with Gasteiger partial charge in [0.1, 0.15) is 11.5 Å². The molecule has 3 aromatic carbocycles. The van der Waals surface area contributed by atoms with Crippen molar-refractivity contribution in [1.29, 1.82) is 0 Å². The summed E-state index contributed by atoms with van der Waals surface area (Å²) in [7, 11) is 1.62. The molecular weight excluding hydrogens is 458 g/mol. The Morgan fingerprint density at radius 3 is 2.61 bits per heavy atom. The second-order valence-corrected chi connectivity index (χ2v) is 8.14. The SMILES string of the molecule is COc1ccc(-c2cc(-c3cc(Br)ccc3O)n([C@H]3C(=O)Nc4ccccc43)n2)cc1. The van der Waals surface area contributed by atoms with Crippen molar-refractivity contribution in [3.63, 3.8) is 0 Å². The van der Waals surface area contributed by atoms with E-state index in [0.29, 0.717) is 17.0 Å². The Kier molecular flexibility index (Phi) is 4.75. The fourth-order valence-corrected chi connectivity index (χ4v) is 4.20. The van der Waals surface area contributed by atoms with Gasteiger partial charge in [0.15, 0.2) is 6.04 Å². The van der Waals surface area contributed by atoms with Crippen LogP contribution in [0.25, 0.3) is 22.5 Å². The standard InChI is InChI=1S/C24H18BrN3O3/c1-31-16-9-6-14(7-10-16)20-13-21(18-12-15(25)8-11-22(18)29)28(27-20)23-17-4-2-3-5-19(17)26-24(23)30/h2-13,23,29H,1H3,(H,26,30)/t23-/m1/s1. The smallest absolute Gasteiger partial charge is 0.253 e. The van der Waals surface area contributed by atoms with E-state index in [0.717, 1.165) is 27.0 Å². The number of phenols is 1. The number of nitrogens with one attached hydrogen (secondary N) is 1. The molecule has 4 aromatic rings. The van der Waals surface area contributed by atoms with E-state index in [9.17, 15) is 9.90 Å². The van der Waals surface area contributed by atoms with Gasteiger partial charge < -0.3 is 15.2 Å². The summed E-state index contributed by atoms with van der Waals surface area (Å²) in [6.07, 6.45) is 0. The first-order valence-corrected chi connectivity index (χ1v) is 10.5. The summed E-state index contributed by atoms with van der Waals surface area (Å²) >= 11 is 3.47. The normalized spacial score (nSPS) is 14.9. The fraction of sp³-hybridized carbons (Fsp3) is 0.0833. The van der Waals surface area contributed by atoms with E-state index >= 15 is 0 Å². The molecule has 1 aromatic heterocycles. The molecule has 6 nitrogen and oxygen atoms in total. The zero-order valence-electron chi connectivity index (χ0n) is 16.5. The Balaban J connectivity index is 1.72. The van der Waals surface area contributed by atoms with Gasteiger partial charge in [-0.2, -0.15) is 5.10 Å². The lowest BCUT2D eigenvalue weighted by Crippen LogP contribution is -2.21. The first-order chi connectivity index (χ1) is 15.0. The van der Waals surface area contributed by atoms with Crippen molar-refractivity contribution >= 4 is 27.5 Å². The van der Waals surface area contributed by atoms with Crippen LogP contribution in [0, 0.1) is 0 Å². The number of carbonyl (C=O) groups excluding carboxylic acids is 1. The van der Waals surface area contributed by atoms with Gasteiger partial charge in [-0.25, -0.2) is 4.68 Å². The third-order valence-corrected chi connectivity index (χ3v) is 5.86. The van der Waals surface area contributed by atoms with Gasteiger partial charge in [-0.15, -0.1) is 0 Å². The van der Waals surface area contributed by atoms with Gasteiger partial charge >= 0.3 is 0 Å². The van der Waals surface area contributed by atoms with Crippen LogP contribution < -0.4 is 10.1 Å². The number of halogens is 1. The summed E-state index contributed by atoms with van der Waals surface area (Å²) in [6.45, 7) is 0. The topological polar surface area (TPSA) is 76.4 Å². The number of ether oxygens (including phenoxy) is 1. The van der Waals surface area contributed by atoms with Gasteiger partial charge in [-0.1, -0.05) is 34.1 Å². The molecule has 1 atom stereocenters. The number of carbonyl (C=O) groups is 1. The molecule has 154 valence electrons. The Morgan fingerprint density at radius 2 is 1.84 bits per heavy atom. The lowest BCUT2D eigenvalue weighted by Gasteiger charge is -2.15. The molecule has 0 radical (unpaired) electrons. The van der Waals surface area contributed by atoms with Crippen LogP contribution in [-0.2, 0) is 4.79 Å². The summed E-state index contributed by atoms with van der Waals surface area (Å²) < 4.78 is 7.75. The number of methoxy groups -OCH3 is 1. The number of para-hydroxylation sites is 1. The number of fused-ring (bicyclic) bond motifs is 1. The number of aromatic nitrogens is 2. The third kappa shape index (κ3) is 3.37. The van der Waals surface area contributed by atoms with Gasteiger partial charge in [0.25, 0.3) is 5.91 Å². The Hall–Kier alpha value is -3.58. The number of aromatic hydroxyl groups is 1. The Bertz CT molecular complexity index is 1300. The van der Waals surface area contributed by atoms with Crippen LogP contribution in [0.3, 0.4) is 0 Å². The number of anilines is 1. The largest absolute Gasteiger partial charge is 0.507 e. The fourth-order valence-electron chi connectivity index (χ4n) is 3.84. The van der Waals surface area contributed by atoms with Crippen molar-refractivity contribution in [2.75, 3.05) is 12.4 Å². The van der Waals surface area contributed by atoms with E-state index in [4.69, 9.17) is 9.84 Å². The molecule has 0 spiro atoms. The van der Waals surface area contributed by atoms with Crippen molar-refractivity contribution < 1.29 is 14.6 Å². The average molecular weight is 476 g/mol. The van der Waals surface area contributed by atoms with E-state index in [1.54, 1.807) is 23.9 Å². The van der Waals surface area contributed by atoms with Gasteiger partial charge in [0, 0.05) is 26.9 Å². The Labute approximate surface area is 187 Å². The van der Waals surface area contributed by atoms with Crippen LogP contribution in [0.5, 0.6) is 11.5 Å². The molecule has 0 saturated carbocycles. The maximum Gasteiger partial charge on any atom is 0.253 e. The predicted octanol–water partition coefficient (Wildman–Crippen LogP) is 5.24. The highest BCUT2D eigenvalue weighted by Crippen LogP contribution is 2.40.